The van der Waals surface area contributed by atoms with Gasteiger partial charge in [-0.3, -0.25) is 9.59 Å². The second-order valence-corrected chi connectivity index (χ2v) is 9.23. The third-order valence-electron chi connectivity index (χ3n) is 5.42. The smallest absolute Gasteiger partial charge is 0.243 e. The van der Waals surface area contributed by atoms with Crippen LogP contribution in [0, 0.1) is 11.7 Å². The number of piperazine rings is 1. The van der Waals surface area contributed by atoms with Gasteiger partial charge < -0.3 is 10.2 Å². The van der Waals surface area contributed by atoms with Gasteiger partial charge in [-0.1, -0.05) is 25.3 Å². The van der Waals surface area contributed by atoms with Crippen molar-refractivity contribution in [2.45, 2.75) is 37.0 Å². The van der Waals surface area contributed by atoms with Crippen LogP contribution in [0.2, 0.25) is 0 Å². The number of nitrogens with zero attached hydrogens (tertiary/aromatic N) is 2. The minimum Gasteiger partial charge on any atom is -0.347 e. The average Bonchev–Trinajstić information content (AvgIpc) is 2.72. The van der Waals surface area contributed by atoms with Crippen LogP contribution in [0.25, 0.3) is 0 Å². The summed E-state index contributed by atoms with van der Waals surface area (Å²) in [4.78, 5) is 26.0. The third-order valence-corrected chi connectivity index (χ3v) is 7.31. The van der Waals surface area contributed by atoms with E-state index in [1.54, 1.807) is 4.90 Å². The van der Waals surface area contributed by atoms with E-state index in [2.05, 4.69) is 5.32 Å². The van der Waals surface area contributed by atoms with Gasteiger partial charge in [0.1, 0.15) is 5.82 Å². The molecular formula is C19H26FN3O4S. The number of sulfonamides is 1. The lowest BCUT2D eigenvalue weighted by Gasteiger charge is -2.34. The molecule has 1 aromatic rings. The lowest BCUT2D eigenvalue weighted by atomic mass is 9.89. The van der Waals surface area contributed by atoms with Crippen LogP contribution in [0.3, 0.4) is 0 Å². The largest absolute Gasteiger partial charge is 0.347 e. The van der Waals surface area contributed by atoms with E-state index in [0.29, 0.717) is 0 Å². The molecular weight excluding hydrogens is 385 g/mol. The van der Waals surface area contributed by atoms with E-state index in [0.717, 1.165) is 38.2 Å². The molecule has 0 bridgehead atoms. The number of rotatable bonds is 5. The molecule has 9 heteroatoms. The Hall–Kier alpha value is -2.00. The molecule has 28 heavy (non-hydrogen) atoms. The highest BCUT2D eigenvalue weighted by Crippen LogP contribution is 2.23. The van der Waals surface area contributed by atoms with Crippen LogP contribution in [0.1, 0.15) is 32.1 Å². The van der Waals surface area contributed by atoms with E-state index >= 15 is 0 Å². The van der Waals surface area contributed by atoms with Crippen LogP contribution in [-0.4, -0.2) is 62.2 Å². The van der Waals surface area contributed by atoms with Gasteiger partial charge >= 0.3 is 0 Å². The minimum absolute atomic E-state index is 0.00481. The highest BCUT2D eigenvalue weighted by molar-refractivity contribution is 7.89. The molecule has 2 fully saturated rings. The second kappa shape index (κ2) is 9.00. The molecule has 3 rings (SSSR count). The molecule has 0 atom stereocenters. The molecule has 0 unspecified atom stereocenters. The monoisotopic (exact) mass is 411 g/mol. The Morgan fingerprint density at radius 2 is 1.75 bits per heavy atom. The van der Waals surface area contributed by atoms with Crippen molar-refractivity contribution < 1.29 is 22.4 Å². The standard InChI is InChI=1S/C19H26FN3O4S/c20-16-7-4-8-17(13-16)28(26,27)23-11-9-22(10-12-23)18(24)14-21-19(25)15-5-2-1-3-6-15/h4,7-8,13,15H,1-3,5-6,9-12,14H2,(H,21,25). The fraction of sp³-hybridized carbons (Fsp3) is 0.579. The van der Waals surface area contributed by atoms with Gasteiger partial charge in [0.05, 0.1) is 11.4 Å². The summed E-state index contributed by atoms with van der Waals surface area (Å²) >= 11 is 0. The lowest BCUT2D eigenvalue weighted by molar-refractivity contribution is -0.135. The maximum Gasteiger partial charge on any atom is 0.243 e. The molecule has 0 spiro atoms. The molecule has 2 amide bonds. The van der Waals surface area contributed by atoms with Crippen LogP contribution in [0.15, 0.2) is 29.2 Å². The number of hydrogen-bond donors (Lipinski definition) is 1. The fourth-order valence-corrected chi connectivity index (χ4v) is 5.19. The molecule has 2 aliphatic rings. The van der Waals surface area contributed by atoms with Gasteiger partial charge in [0.2, 0.25) is 21.8 Å². The van der Waals surface area contributed by atoms with Gasteiger partial charge in [-0.05, 0) is 31.0 Å². The second-order valence-electron chi connectivity index (χ2n) is 7.29. The highest BCUT2D eigenvalue weighted by Gasteiger charge is 2.30. The van der Waals surface area contributed by atoms with Crippen LogP contribution < -0.4 is 5.32 Å². The van der Waals surface area contributed by atoms with Crippen LogP contribution in [0.4, 0.5) is 4.39 Å². The summed E-state index contributed by atoms with van der Waals surface area (Å²) in [5, 5.41) is 2.72. The Labute approximate surface area is 164 Å². The molecule has 0 aromatic heterocycles. The Balaban J connectivity index is 1.49. The molecule has 0 radical (unpaired) electrons. The summed E-state index contributed by atoms with van der Waals surface area (Å²) in [7, 11) is -3.79. The SMILES string of the molecule is O=C(NCC(=O)N1CCN(S(=O)(=O)c2cccc(F)c2)CC1)C1CCCCC1. The van der Waals surface area contributed by atoms with Crippen molar-refractivity contribution in [3.63, 3.8) is 0 Å². The Kier molecular flexibility index (Phi) is 6.66. The first-order valence-corrected chi connectivity index (χ1v) is 11.1. The predicted octanol–water partition coefficient (Wildman–Crippen LogP) is 1.36. The van der Waals surface area contributed by atoms with Crippen molar-refractivity contribution in [1.29, 1.82) is 0 Å². The molecule has 7 nitrogen and oxygen atoms in total. The summed E-state index contributed by atoms with van der Waals surface area (Å²) in [5.74, 6) is -0.897. The Morgan fingerprint density at radius 1 is 1.07 bits per heavy atom. The molecule has 1 aliphatic heterocycles. The first-order valence-electron chi connectivity index (χ1n) is 9.69. The summed E-state index contributed by atoms with van der Waals surface area (Å²) in [6, 6.07) is 4.90. The van der Waals surface area contributed by atoms with Crippen molar-refractivity contribution in [3.8, 4) is 0 Å². The van der Waals surface area contributed by atoms with E-state index in [1.165, 1.54) is 22.5 Å². The number of nitrogens with one attached hydrogen (secondary N) is 1. The molecule has 1 saturated heterocycles. The van der Waals surface area contributed by atoms with Crippen molar-refractivity contribution in [2.75, 3.05) is 32.7 Å². The lowest BCUT2D eigenvalue weighted by Crippen LogP contribution is -2.52. The number of carbonyl (C=O) groups is 2. The van der Waals surface area contributed by atoms with E-state index < -0.39 is 15.8 Å². The van der Waals surface area contributed by atoms with Crippen LogP contribution in [0.5, 0.6) is 0 Å². The molecule has 154 valence electrons. The molecule has 1 aromatic carbocycles. The Bertz CT molecular complexity index is 816. The summed E-state index contributed by atoms with van der Waals surface area (Å²) in [6.07, 6.45) is 5.00. The van der Waals surface area contributed by atoms with E-state index in [4.69, 9.17) is 0 Å². The van der Waals surface area contributed by atoms with Gasteiger partial charge in [-0.15, -0.1) is 0 Å². The van der Waals surface area contributed by atoms with E-state index in [9.17, 15) is 22.4 Å². The van der Waals surface area contributed by atoms with Crippen LogP contribution in [-0.2, 0) is 19.6 Å². The number of hydrogen-bond acceptors (Lipinski definition) is 4. The van der Waals surface area contributed by atoms with Crippen molar-refractivity contribution in [2.24, 2.45) is 5.92 Å². The number of halogens is 1. The zero-order valence-corrected chi connectivity index (χ0v) is 16.6. The zero-order chi connectivity index (χ0) is 20.1. The molecule has 1 aliphatic carbocycles. The van der Waals surface area contributed by atoms with E-state index in [1.807, 2.05) is 0 Å². The maximum absolute atomic E-state index is 13.3. The van der Waals surface area contributed by atoms with E-state index in [-0.39, 0.29) is 55.4 Å². The highest BCUT2D eigenvalue weighted by atomic mass is 32.2. The quantitative estimate of drug-likeness (QED) is 0.793. The van der Waals surface area contributed by atoms with Crippen LogP contribution >= 0.6 is 0 Å². The summed E-state index contributed by atoms with van der Waals surface area (Å²) < 4.78 is 39.8. The summed E-state index contributed by atoms with van der Waals surface area (Å²) in [5.41, 5.74) is 0. The van der Waals surface area contributed by atoms with Crippen molar-refractivity contribution >= 4 is 21.8 Å². The minimum atomic E-state index is -3.79. The van der Waals surface area contributed by atoms with Gasteiger partial charge in [0.15, 0.2) is 0 Å². The maximum atomic E-state index is 13.3. The van der Waals surface area contributed by atoms with Gasteiger partial charge in [0.25, 0.3) is 0 Å². The average molecular weight is 411 g/mol. The first kappa shape index (κ1) is 20.7. The van der Waals surface area contributed by atoms with Crippen molar-refractivity contribution in [1.82, 2.24) is 14.5 Å². The normalized spacial score (nSPS) is 19.4. The third kappa shape index (κ3) is 4.88. The van der Waals surface area contributed by atoms with Gasteiger partial charge in [-0.25, -0.2) is 12.8 Å². The topological polar surface area (TPSA) is 86.8 Å². The molecule has 1 heterocycles. The first-order chi connectivity index (χ1) is 13.4. The van der Waals surface area contributed by atoms with Crippen molar-refractivity contribution in [3.05, 3.63) is 30.1 Å². The number of carbonyl (C=O) groups excluding carboxylic acids is 2. The predicted molar refractivity (Wildman–Crippen MR) is 101 cm³/mol. The molecule has 1 N–H and O–H groups in total. The number of benzene rings is 1. The number of amides is 2. The molecule has 1 saturated carbocycles. The fourth-order valence-electron chi connectivity index (χ4n) is 3.74. The summed E-state index contributed by atoms with van der Waals surface area (Å²) in [6.45, 7) is 0.702. The zero-order valence-electron chi connectivity index (χ0n) is 15.8. The Morgan fingerprint density at radius 3 is 2.39 bits per heavy atom. The van der Waals surface area contributed by atoms with Gasteiger partial charge in [-0.2, -0.15) is 4.31 Å². The van der Waals surface area contributed by atoms with Gasteiger partial charge in [0, 0.05) is 32.1 Å².